The summed E-state index contributed by atoms with van der Waals surface area (Å²) in [5, 5.41) is 3.16. The SMILES string of the molecule is Cc1cccc(C)c1NC(=O)CN(C)C12CC3CC(CC(C3)C1)C2. The number of rotatable bonds is 4. The number of carbonyl (C=O) groups excluding carboxylic acids is 1. The number of nitrogens with one attached hydrogen (secondary N) is 1. The molecule has 0 atom stereocenters. The van der Waals surface area contributed by atoms with Crippen LogP contribution in [0, 0.1) is 31.6 Å². The number of anilines is 1. The molecule has 0 spiro atoms. The molecule has 4 bridgehead atoms. The van der Waals surface area contributed by atoms with Crippen molar-refractivity contribution in [1.29, 1.82) is 0 Å². The van der Waals surface area contributed by atoms with Crippen molar-refractivity contribution in [2.45, 2.75) is 57.9 Å². The molecule has 1 amide bonds. The summed E-state index contributed by atoms with van der Waals surface area (Å²) < 4.78 is 0. The van der Waals surface area contributed by atoms with Crippen LogP contribution in [0.5, 0.6) is 0 Å². The number of para-hydroxylation sites is 1. The van der Waals surface area contributed by atoms with Gasteiger partial charge in [-0.1, -0.05) is 18.2 Å². The van der Waals surface area contributed by atoms with E-state index < -0.39 is 0 Å². The Bertz CT molecular complexity index is 596. The van der Waals surface area contributed by atoms with Crippen molar-refractivity contribution in [1.82, 2.24) is 4.90 Å². The summed E-state index contributed by atoms with van der Waals surface area (Å²) in [4.78, 5) is 15.1. The zero-order valence-corrected chi connectivity index (χ0v) is 15.3. The summed E-state index contributed by atoms with van der Waals surface area (Å²) in [6.45, 7) is 4.64. The van der Waals surface area contributed by atoms with Crippen LogP contribution in [-0.4, -0.2) is 29.9 Å². The average molecular weight is 326 g/mol. The molecule has 4 fully saturated rings. The molecule has 1 aromatic carbocycles. The molecule has 5 rings (SSSR count). The first-order valence-corrected chi connectivity index (χ1v) is 9.52. The van der Waals surface area contributed by atoms with Crippen LogP contribution in [0.25, 0.3) is 0 Å². The van der Waals surface area contributed by atoms with Crippen molar-refractivity contribution in [3.63, 3.8) is 0 Å². The van der Waals surface area contributed by atoms with Gasteiger partial charge in [0.05, 0.1) is 6.54 Å². The second kappa shape index (κ2) is 5.87. The summed E-state index contributed by atoms with van der Waals surface area (Å²) in [5.74, 6) is 2.88. The Morgan fingerprint density at radius 2 is 1.58 bits per heavy atom. The third-order valence-electron chi connectivity index (χ3n) is 6.94. The molecular weight excluding hydrogens is 296 g/mol. The molecule has 130 valence electrons. The first-order valence-electron chi connectivity index (χ1n) is 9.52. The fraction of sp³-hybridized carbons (Fsp3) is 0.667. The number of likely N-dealkylation sites (N-methyl/N-ethyl adjacent to an activating group) is 1. The number of hydrogen-bond acceptors (Lipinski definition) is 2. The molecule has 1 N–H and O–H groups in total. The number of amides is 1. The van der Waals surface area contributed by atoms with Gasteiger partial charge in [0.15, 0.2) is 0 Å². The Morgan fingerprint density at radius 3 is 2.08 bits per heavy atom. The molecule has 4 aliphatic rings. The lowest BCUT2D eigenvalue weighted by Gasteiger charge is -2.59. The van der Waals surface area contributed by atoms with E-state index in [-0.39, 0.29) is 5.91 Å². The number of carbonyl (C=O) groups is 1. The Morgan fingerprint density at radius 1 is 1.08 bits per heavy atom. The van der Waals surface area contributed by atoms with Crippen molar-refractivity contribution in [2.75, 3.05) is 18.9 Å². The monoisotopic (exact) mass is 326 g/mol. The van der Waals surface area contributed by atoms with E-state index in [2.05, 4.69) is 43.2 Å². The molecule has 0 unspecified atom stereocenters. The Balaban J connectivity index is 1.44. The zero-order chi connectivity index (χ0) is 16.9. The van der Waals surface area contributed by atoms with Crippen LogP contribution in [0.15, 0.2) is 18.2 Å². The smallest absolute Gasteiger partial charge is 0.238 e. The zero-order valence-electron chi connectivity index (χ0n) is 15.3. The predicted octanol–water partition coefficient (Wildman–Crippen LogP) is 4.14. The summed E-state index contributed by atoms with van der Waals surface area (Å²) in [6.07, 6.45) is 8.27. The lowest BCUT2D eigenvalue weighted by Crippen LogP contribution is -2.60. The van der Waals surface area contributed by atoms with Gasteiger partial charge in [-0.25, -0.2) is 0 Å². The summed E-state index contributed by atoms with van der Waals surface area (Å²) >= 11 is 0. The van der Waals surface area contributed by atoms with Crippen LogP contribution in [0.2, 0.25) is 0 Å². The van der Waals surface area contributed by atoms with Crippen molar-refractivity contribution in [3.8, 4) is 0 Å². The van der Waals surface area contributed by atoms with Gasteiger partial charge in [0.25, 0.3) is 0 Å². The molecule has 0 aliphatic heterocycles. The van der Waals surface area contributed by atoms with Gasteiger partial charge in [-0.2, -0.15) is 0 Å². The normalized spacial score (nSPS) is 33.9. The number of benzene rings is 1. The first-order chi connectivity index (χ1) is 11.4. The summed E-state index contributed by atoms with van der Waals surface area (Å²) in [7, 11) is 2.18. The fourth-order valence-electron chi connectivity index (χ4n) is 6.11. The lowest BCUT2D eigenvalue weighted by atomic mass is 9.52. The van der Waals surface area contributed by atoms with Gasteiger partial charge < -0.3 is 5.32 Å². The molecule has 4 aliphatic carbocycles. The maximum absolute atomic E-state index is 12.7. The standard InChI is InChI=1S/C21H30N2O/c1-14-5-4-6-15(2)20(14)22-19(24)13-23(3)21-10-16-7-17(11-21)9-18(8-16)12-21/h4-6,16-18H,7-13H2,1-3H3,(H,22,24). The van der Waals surface area contributed by atoms with Crippen molar-refractivity contribution >= 4 is 11.6 Å². The van der Waals surface area contributed by atoms with Crippen LogP contribution in [-0.2, 0) is 4.79 Å². The molecule has 24 heavy (non-hydrogen) atoms. The highest BCUT2D eigenvalue weighted by atomic mass is 16.2. The van der Waals surface area contributed by atoms with Crippen molar-refractivity contribution < 1.29 is 4.79 Å². The molecule has 1 aromatic rings. The molecule has 0 radical (unpaired) electrons. The Kier molecular flexibility index (Phi) is 3.95. The van der Waals surface area contributed by atoms with Gasteiger partial charge in [0.1, 0.15) is 0 Å². The van der Waals surface area contributed by atoms with Crippen LogP contribution in [0.4, 0.5) is 5.69 Å². The van der Waals surface area contributed by atoms with Gasteiger partial charge in [-0.15, -0.1) is 0 Å². The third kappa shape index (κ3) is 2.77. The third-order valence-corrected chi connectivity index (χ3v) is 6.94. The maximum atomic E-state index is 12.7. The molecule has 0 aromatic heterocycles. The number of aryl methyl sites for hydroxylation is 2. The van der Waals surface area contributed by atoms with Gasteiger partial charge in [-0.3, -0.25) is 9.69 Å². The van der Waals surface area contributed by atoms with Gasteiger partial charge in [0, 0.05) is 11.2 Å². The first kappa shape index (κ1) is 16.1. The number of nitrogens with zero attached hydrogens (tertiary/aromatic N) is 1. The van der Waals surface area contributed by atoms with E-state index in [0.717, 1.165) is 34.6 Å². The molecule has 4 saturated carbocycles. The van der Waals surface area contributed by atoms with E-state index in [0.29, 0.717) is 12.1 Å². The van der Waals surface area contributed by atoms with Gasteiger partial charge in [0.2, 0.25) is 5.91 Å². The molecule has 3 nitrogen and oxygen atoms in total. The van der Waals surface area contributed by atoms with Crippen molar-refractivity contribution in [3.05, 3.63) is 29.3 Å². The minimum atomic E-state index is 0.130. The van der Waals surface area contributed by atoms with E-state index in [1.54, 1.807) is 0 Å². The second-order valence-electron chi connectivity index (χ2n) is 8.81. The van der Waals surface area contributed by atoms with E-state index >= 15 is 0 Å². The molecule has 3 heteroatoms. The predicted molar refractivity (Wildman–Crippen MR) is 98.1 cm³/mol. The topological polar surface area (TPSA) is 32.3 Å². The molecular formula is C21H30N2O. The average Bonchev–Trinajstić information content (AvgIpc) is 2.49. The highest BCUT2D eigenvalue weighted by molar-refractivity contribution is 5.93. The minimum Gasteiger partial charge on any atom is -0.324 e. The molecule has 0 heterocycles. The van der Waals surface area contributed by atoms with Crippen LogP contribution in [0.3, 0.4) is 0 Å². The Labute approximate surface area is 145 Å². The van der Waals surface area contributed by atoms with E-state index in [9.17, 15) is 4.79 Å². The summed E-state index contributed by atoms with van der Waals surface area (Å²) in [6, 6.07) is 6.17. The van der Waals surface area contributed by atoms with Crippen LogP contribution in [0.1, 0.15) is 49.7 Å². The van der Waals surface area contributed by atoms with Crippen LogP contribution < -0.4 is 5.32 Å². The highest BCUT2D eigenvalue weighted by Gasteiger charge is 2.52. The highest BCUT2D eigenvalue weighted by Crippen LogP contribution is 2.57. The second-order valence-corrected chi connectivity index (χ2v) is 8.81. The Hall–Kier alpha value is -1.35. The quantitative estimate of drug-likeness (QED) is 0.902. The van der Waals surface area contributed by atoms with E-state index in [4.69, 9.17) is 0 Å². The molecule has 0 saturated heterocycles. The lowest BCUT2D eigenvalue weighted by molar-refractivity contribution is -0.123. The minimum absolute atomic E-state index is 0.130. The van der Waals surface area contributed by atoms with Gasteiger partial charge in [-0.05, 0) is 88.3 Å². The summed E-state index contributed by atoms with van der Waals surface area (Å²) in [5.41, 5.74) is 3.57. The van der Waals surface area contributed by atoms with E-state index in [1.807, 2.05) is 6.07 Å². The van der Waals surface area contributed by atoms with E-state index in [1.165, 1.54) is 38.5 Å². The van der Waals surface area contributed by atoms with Gasteiger partial charge >= 0.3 is 0 Å². The van der Waals surface area contributed by atoms with Crippen LogP contribution >= 0.6 is 0 Å². The fourth-order valence-corrected chi connectivity index (χ4v) is 6.11. The van der Waals surface area contributed by atoms with Crippen molar-refractivity contribution in [2.24, 2.45) is 17.8 Å². The maximum Gasteiger partial charge on any atom is 0.238 e. The number of hydrogen-bond donors (Lipinski definition) is 1. The largest absolute Gasteiger partial charge is 0.324 e.